The van der Waals surface area contributed by atoms with Crippen LogP contribution >= 0.6 is 11.6 Å². The third-order valence-electron chi connectivity index (χ3n) is 3.09. The van der Waals surface area contributed by atoms with Gasteiger partial charge in [0.05, 0.1) is 12.0 Å². The first-order valence-corrected chi connectivity index (χ1v) is 6.80. The summed E-state index contributed by atoms with van der Waals surface area (Å²) in [5.74, 6) is -2.18. The van der Waals surface area contributed by atoms with Crippen LogP contribution in [0.1, 0.15) is 25.5 Å². The second kappa shape index (κ2) is 7.26. The summed E-state index contributed by atoms with van der Waals surface area (Å²) in [4.78, 5) is 24.0. The van der Waals surface area contributed by atoms with E-state index in [9.17, 15) is 14.0 Å². The molecule has 21 heavy (non-hydrogen) atoms. The minimum absolute atomic E-state index is 0.0545. The third-order valence-corrected chi connectivity index (χ3v) is 3.42. The number of hydrogen-bond donors (Lipinski definition) is 2. The fraction of sp³-hybridized carbons (Fsp3) is 0.429. The molecule has 0 heterocycles. The standard InChI is InChI=1S/C14H18ClFN2O3/c1-8(13(19)20)7-18(3)14(21)17-9(2)12-10(15)5-4-6-11(12)16/h4-6,8-9H,7H2,1-3H3,(H,17,21)(H,19,20). The molecule has 0 aliphatic carbocycles. The molecule has 2 amide bonds. The molecule has 116 valence electrons. The molecule has 0 saturated heterocycles. The zero-order valence-electron chi connectivity index (χ0n) is 12.1. The number of rotatable bonds is 5. The molecule has 0 bridgehead atoms. The summed E-state index contributed by atoms with van der Waals surface area (Å²) >= 11 is 5.93. The number of amides is 2. The average molecular weight is 317 g/mol. The molecule has 0 aliphatic heterocycles. The molecule has 0 radical (unpaired) electrons. The molecule has 2 N–H and O–H groups in total. The molecular formula is C14H18ClFN2O3. The van der Waals surface area contributed by atoms with E-state index in [1.807, 2.05) is 0 Å². The highest BCUT2D eigenvalue weighted by molar-refractivity contribution is 6.31. The van der Waals surface area contributed by atoms with Crippen molar-refractivity contribution in [2.45, 2.75) is 19.9 Å². The number of aliphatic carboxylic acids is 1. The fourth-order valence-electron chi connectivity index (χ4n) is 1.86. The van der Waals surface area contributed by atoms with E-state index in [2.05, 4.69) is 5.32 Å². The number of carboxylic acids is 1. The minimum atomic E-state index is -0.986. The molecule has 2 unspecified atom stereocenters. The van der Waals surface area contributed by atoms with E-state index in [4.69, 9.17) is 16.7 Å². The van der Waals surface area contributed by atoms with E-state index in [-0.39, 0.29) is 17.1 Å². The van der Waals surface area contributed by atoms with Crippen molar-refractivity contribution >= 4 is 23.6 Å². The predicted molar refractivity (Wildman–Crippen MR) is 77.8 cm³/mol. The van der Waals surface area contributed by atoms with Crippen LogP contribution in [0, 0.1) is 11.7 Å². The Morgan fingerprint density at radius 3 is 2.57 bits per heavy atom. The molecule has 1 aromatic rings. The monoisotopic (exact) mass is 316 g/mol. The van der Waals surface area contributed by atoms with E-state index in [0.29, 0.717) is 0 Å². The number of nitrogens with one attached hydrogen (secondary N) is 1. The first kappa shape index (κ1) is 17.2. The van der Waals surface area contributed by atoms with Crippen molar-refractivity contribution in [2.24, 2.45) is 5.92 Å². The van der Waals surface area contributed by atoms with Gasteiger partial charge in [-0.05, 0) is 19.1 Å². The first-order valence-electron chi connectivity index (χ1n) is 6.42. The molecule has 0 aromatic heterocycles. The van der Waals surface area contributed by atoms with Gasteiger partial charge in [-0.25, -0.2) is 9.18 Å². The van der Waals surface area contributed by atoms with Crippen molar-refractivity contribution in [1.29, 1.82) is 0 Å². The molecule has 0 saturated carbocycles. The third kappa shape index (κ3) is 4.60. The van der Waals surface area contributed by atoms with Crippen LogP contribution in [-0.4, -0.2) is 35.6 Å². The Balaban J connectivity index is 2.72. The summed E-state index contributed by atoms with van der Waals surface area (Å²) in [6, 6.07) is 3.17. The molecule has 1 rings (SSSR count). The molecule has 2 atom stereocenters. The highest BCUT2D eigenvalue weighted by Crippen LogP contribution is 2.25. The van der Waals surface area contributed by atoms with Crippen molar-refractivity contribution in [1.82, 2.24) is 10.2 Å². The molecule has 5 nitrogen and oxygen atoms in total. The summed E-state index contributed by atoms with van der Waals surface area (Å²) in [5, 5.41) is 11.6. The summed E-state index contributed by atoms with van der Waals surface area (Å²) in [5.41, 5.74) is 0.201. The molecule has 0 aliphatic rings. The number of carbonyl (C=O) groups excluding carboxylic acids is 1. The SMILES string of the molecule is CC(CN(C)C(=O)NC(C)c1c(F)cccc1Cl)C(=O)O. The number of urea groups is 1. The Bertz CT molecular complexity index is 519. The van der Waals surface area contributed by atoms with Gasteiger partial charge in [-0.1, -0.05) is 24.6 Å². The van der Waals surface area contributed by atoms with Crippen molar-refractivity contribution in [3.05, 3.63) is 34.6 Å². The Labute approximate surface area is 127 Å². The average Bonchev–Trinajstić information content (AvgIpc) is 2.37. The Morgan fingerprint density at radius 2 is 2.05 bits per heavy atom. The van der Waals surface area contributed by atoms with Gasteiger partial charge in [0.1, 0.15) is 5.82 Å². The smallest absolute Gasteiger partial charge is 0.317 e. The Hall–Kier alpha value is -1.82. The van der Waals surface area contributed by atoms with E-state index >= 15 is 0 Å². The van der Waals surface area contributed by atoms with Crippen molar-refractivity contribution in [3.63, 3.8) is 0 Å². The van der Waals surface area contributed by atoms with Crippen LogP contribution in [0.3, 0.4) is 0 Å². The van der Waals surface area contributed by atoms with Crippen LogP contribution in [0.25, 0.3) is 0 Å². The van der Waals surface area contributed by atoms with Crippen LogP contribution in [0.15, 0.2) is 18.2 Å². The number of benzene rings is 1. The predicted octanol–water partition coefficient (Wildman–Crippen LogP) is 2.90. The van der Waals surface area contributed by atoms with Gasteiger partial charge in [0.2, 0.25) is 0 Å². The molecule has 7 heteroatoms. The fourth-order valence-corrected chi connectivity index (χ4v) is 2.19. The highest BCUT2D eigenvalue weighted by Gasteiger charge is 2.21. The van der Waals surface area contributed by atoms with Gasteiger partial charge in [0.15, 0.2) is 0 Å². The maximum absolute atomic E-state index is 13.7. The summed E-state index contributed by atoms with van der Waals surface area (Å²) < 4.78 is 13.7. The lowest BCUT2D eigenvalue weighted by atomic mass is 10.1. The van der Waals surface area contributed by atoms with Crippen molar-refractivity contribution in [2.75, 3.05) is 13.6 Å². The quantitative estimate of drug-likeness (QED) is 0.877. The number of carboxylic acid groups (broad SMARTS) is 1. The first-order chi connectivity index (χ1) is 9.73. The van der Waals surface area contributed by atoms with Gasteiger partial charge >= 0.3 is 12.0 Å². The van der Waals surface area contributed by atoms with Gasteiger partial charge < -0.3 is 15.3 Å². The molecule has 0 spiro atoms. The zero-order chi connectivity index (χ0) is 16.2. The summed E-state index contributed by atoms with van der Waals surface area (Å²) in [7, 11) is 1.48. The van der Waals surface area contributed by atoms with Crippen molar-refractivity contribution < 1.29 is 19.1 Å². The van der Waals surface area contributed by atoms with E-state index in [1.54, 1.807) is 13.0 Å². The second-order valence-corrected chi connectivity index (χ2v) is 5.33. The zero-order valence-corrected chi connectivity index (χ0v) is 12.8. The lowest BCUT2D eigenvalue weighted by Gasteiger charge is -2.23. The second-order valence-electron chi connectivity index (χ2n) is 4.93. The number of halogens is 2. The van der Waals surface area contributed by atoms with Gasteiger partial charge in [0, 0.05) is 24.2 Å². The van der Waals surface area contributed by atoms with E-state index in [0.717, 1.165) is 0 Å². The molecule has 0 fully saturated rings. The Kier molecular flexibility index (Phi) is 5.96. The van der Waals surface area contributed by atoms with Gasteiger partial charge in [-0.3, -0.25) is 4.79 Å². The number of carbonyl (C=O) groups is 2. The van der Waals surface area contributed by atoms with Gasteiger partial charge in [-0.2, -0.15) is 0 Å². The normalized spacial score (nSPS) is 13.4. The lowest BCUT2D eigenvalue weighted by molar-refractivity contribution is -0.141. The van der Waals surface area contributed by atoms with E-state index < -0.39 is 29.8 Å². The van der Waals surface area contributed by atoms with Crippen LogP contribution in [-0.2, 0) is 4.79 Å². The van der Waals surface area contributed by atoms with Crippen LogP contribution in [0.5, 0.6) is 0 Å². The van der Waals surface area contributed by atoms with Crippen molar-refractivity contribution in [3.8, 4) is 0 Å². The largest absolute Gasteiger partial charge is 0.481 e. The van der Waals surface area contributed by atoms with Crippen LogP contribution < -0.4 is 5.32 Å². The number of nitrogens with zero attached hydrogens (tertiary/aromatic N) is 1. The topological polar surface area (TPSA) is 69.6 Å². The minimum Gasteiger partial charge on any atom is -0.481 e. The highest BCUT2D eigenvalue weighted by atomic mass is 35.5. The van der Waals surface area contributed by atoms with Gasteiger partial charge in [-0.15, -0.1) is 0 Å². The van der Waals surface area contributed by atoms with Crippen LogP contribution in [0.4, 0.5) is 9.18 Å². The van der Waals surface area contributed by atoms with Gasteiger partial charge in [0.25, 0.3) is 0 Å². The number of hydrogen-bond acceptors (Lipinski definition) is 2. The molecule has 1 aromatic carbocycles. The molecular weight excluding hydrogens is 299 g/mol. The lowest BCUT2D eigenvalue weighted by Crippen LogP contribution is -2.41. The van der Waals surface area contributed by atoms with E-state index in [1.165, 1.54) is 31.0 Å². The summed E-state index contributed by atoms with van der Waals surface area (Å²) in [6.45, 7) is 3.17. The maximum Gasteiger partial charge on any atom is 0.317 e. The maximum atomic E-state index is 13.7. The Morgan fingerprint density at radius 1 is 1.43 bits per heavy atom. The van der Waals surface area contributed by atoms with Crippen LogP contribution in [0.2, 0.25) is 5.02 Å². The summed E-state index contributed by atoms with van der Waals surface area (Å²) in [6.07, 6.45) is 0.